The first-order valence-electron chi connectivity index (χ1n) is 6.65. The molecular weight excluding hydrogens is 276 g/mol. The van der Waals surface area contributed by atoms with Crippen molar-refractivity contribution in [3.63, 3.8) is 0 Å². The molecule has 1 fully saturated rings. The monoisotopic (exact) mass is 296 g/mol. The molecule has 6 heteroatoms. The molecule has 2 rings (SSSR count). The van der Waals surface area contributed by atoms with Gasteiger partial charge in [-0.05, 0) is 55.5 Å². The van der Waals surface area contributed by atoms with E-state index in [-0.39, 0.29) is 16.2 Å². The molecular formula is C14H20N2O3S. The van der Waals surface area contributed by atoms with Gasteiger partial charge in [0, 0.05) is 18.4 Å². The number of nitrogens with one attached hydrogen (secondary N) is 1. The van der Waals surface area contributed by atoms with Crippen molar-refractivity contribution in [2.75, 3.05) is 19.3 Å². The van der Waals surface area contributed by atoms with Crippen molar-refractivity contribution in [3.05, 3.63) is 29.8 Å². The molecule has 0 atom stereocenters. The van der Waals surface area contributed by atoms with E-state index < -0.39 is 9.84 Å². The zero-order valence-corrected chi connectivity index (χ0v) is 12.4. The zero-order valence-electron chi connectivity index (χ0n) is 11.6. The van der Waals surface area contributed by atoms with Gasteiger partial charge in [-0.1, -0.05) is 0 Å². The number of amides is 1. The molecule has 0 aromatic heterocycles. The Morgan fingerprint density at radius 1 is 1.30 bits per heavy atom. The maximum absolute atomic E-state index is 12.0. The number of hydrogen-bond donors (Lipinski definition) is 2. The Labute approximate surface area is 119 Å². The molecule has 0 unspecified atom stereocenters. The summed E-state index contributed by atoms with van der Waals surface area (Å²) in [4.78, 5) is 12.2. The highest BCUT2D eigenvalue weighted by Gasteiger charge is 2.41. The number of carbonyl (C=O) groups is 1. The van der Waals surface area contributed by atoms with Gasteiger partial charge in [0.25, 0.3) is 5.91 Å². The third kappa shape index (κ3) is 3.58. The third-order valence-electron chi connectivity index (χ3n) is 3.80. The Bertz CT molecular complexity index is 589. The molecule has 0 bridgehead atoms. The van der Waals surface area contributed by atoms with E-state index in [1.807, 2.05) is 0 Å². The van der Waals surface area contributed by atoms with Gasteiger partial charge >= 0.3 is 0 Å². The largest absolute Gasteiger partial charge is 0.351 e. The summed E-state index contributed by atoms with van der Waals surface area (Å²) in [5.41, 5.74) is 6.22. The highest BCUT2D eigenvalue weighted by Crippen LogP contribution is 2.47. The van der Waals surface area contributed by atoms with E-state index in [9.17, 15) is 13.2 Å². The molecule has 1 aromatic rings. The van der Waals surface area contributed by atoms with Gasteiger partial charge < -0.3 is 11.1 Å². The highest BCUT2D eigenvalue weighted by molar-refractivity contribution is 7.90. The smallest absolute Gasteiger partial charge is 0.251 e. The predicted octanol–water partition coefficient (Wildman–Crippen LogP) is 0.949. The molecule has 3 N–H and O–H groups in total. The molecule has 0 aliphatic heterocycles. The molecule has 0 spiro atoms. The topological polar surface area (TPSA) is 89.3 Å². The average Bonchev–Trinajstić information content (AvgIpc) is 3.16. The van der Waals surface area contributed by atoms with E-state index in [0.717, 1.165) is 25.5 Å². The Hall–Kier alpha value is -1.40. The average molecular weight is 296 g/mol. The van der Waals surface area contributed by atoms with E-state index in [0.29, 0.717) is 18.7 Å². The second-order valence-electron chi connectivity index (χ2n) is 5.52. The van der Waals surface area contributed by atoms with Crippen molar-refractivity contribution < 1.29 is 13.2 Å². The molecule has 110 valence electrons. The molecule has 0 saturated heterocycles. The first kappa shape index (κ1) is 15.0. The van der Waals surface area contributed by atoms with Crippen molar-refractivity contribution in [3.8, 4) is 0 Å². The van der Waals surface area contributed by atoms with E-state index in [1.54, 1.807) is 0 Å². The van der Waals surface area contributed by atoms with Crippen molar-refractivity contribution in [2.45, 2.75) is 24.2 Å². The van der Waals surface area contributed by atoms with Crippen LogP contribution in [0.1, 0.15) is 29.6 Å². The Balaban J connectivity index is 1.96. The maximum Gasteiger partial charge on any atom is 0.251 e. The van der Waals surface area contributed by atoms with Crippen molar-refractivity contribution in [2.24, 2.45) is 11.1 Å². The predicted molar refractivity (Wildman–Crippen MR) is 77.2 cm³/mol. The number of nitrogens with two attached hydrogens (primary N) is 1. The standard InChI is InChI=1S/C14H20N2O3S/c1-20(18,19)12-4-2-11(3-5-12)13(17)16-10-14(6-7-14)8-9-15/h2-5H,6-10,15H2,1H3,(H,16,17). The fourth-order valence-electron chi connectivity index (χ4n) is 2.22. The lowest BCUT2D eigenvalue weighted by molar-refractivity contribution is 0.0944. The summed E-state index contributed by atoms with van der Waals surface area (Å²) in [6, 6.07) is 5.98. The van der Waals surface area contributed by atoms with Gasteiger partial charge in [-0.15, -0.1) is 0 Å². The minimum absolute atomic E-state index is 0.173. The summed E-state index contributed by atoms with van der Waals surface area (Å²) in [6.07, 6.45) is 4.29. The summed E-state index contributed by atoms with van der Waals surface area (Å²) in [5, 5.41) is 2.90. The normalized spacial score (nSPS) is 16.7. The lowest BCUT2D eigenvalue weighted by atomic mass is 10.0. The van der Waals surface area contributed by atoms with Crippen molar-refractivity contribution >= 4 is 15.7 Å². The summed E-state index contributed by atoms with van der Waals surface area (Å²) < 4.78 is 22.7. The first-order valence-corrected chi connectivity index (χ1v) is 8.54. The van der Waals surface area contributed by atoms with Gasteiger partial charge in [0.1, 0.15) is 0 Å². The summed E-state index contributed by atoms with van der Waals surface area (Å²) in [7, 11) is -3.22. The van der Waals surface area contributed by atoms with Crippen molar-refractivity contribution in [1.82, 2.24) is 5.32 Å². The van der Waals surface area contributed by atoms with Crippen LogP contribution < -0.4 is 11.1 Å². The van der Waals surface area contributed by atoms with E-state index in [4.69, 9.17) is 5.73 Å². The molecule has 0 radical (unpaired) electrons. The quantitative estimate of drug-likeness (QED) is 0.818. The second kappa shape index (κ2) is 5.54. The molecule has 1 aliphatic carbocycles. The number of sulfone groups is 1. The van der Waals surface area contributed by atoms with Crippen LogP contribution in [0.3, 0.4) is 0 Å². The Morgan fingerprint density at radius 3 is 2.35 bits per heavy atom. The SMILES string of the molecule is CS(=O)(=O)c1ccc(C(=O)NCC2(CCN)CC2)cc1. The number of carbonyl (C=O) groups excluding carboxylic acids is 1. The van der Waals surface area contributed by atoms with E-state index in [2.05, 4.69) is 5.32 Å². The lowest BCUT2D eigenvalue weighted by Gasteiger charge is -2.14. The molecule has 1 saturated carbocycles. The van der Waals surface area contributed by atoms with Gasteiger partial charge in [0.05, 0.1) is 4.90 Å². The highest BCUT2D eigenvalue weighted by atomic mass is 32.2. The minimum Gasteiger partial charge on any atom is -0.351 e. The molecule has 0 heterocycles. The van der Waals surface area contributed by atoms with E-state index in [1.165, 1.54) is 24.3 Å². The molecule has 5 nitrogen and oxygen atoms in total. The second-order valence-corrected chi connectivity index (χ2v) is 7.53. The van der Waals surface area contributed by atoms with Crippen LogP contribution >= 0.6 is 0 Å². The van der Waals surface area contributed by atoms with Crippen LogP contribution in [0.2, 0.25) is 0 Å². The number of hydrogen-bond acceptors (Lipinski definition) is 4. The summed E-state index contributed by atoms with van der Waals surface area (Å²) in [5.74, 6) is -0.173. The van der Waals surface area contributed by atoms with Gasteiger partial charge in [0.2, 0.25) is 0 Å². The van der Waals surface area contributed by atoms with Gasteiger partial charge in [-0.3, -0.25) is 4.79 Å². The van der Waals surface area contributed by atoms with Crippen LogP contribution in [0.4, 0.5) is 0 Å². The lowest BCUT2D eigenvalue weighted by Crippen LogP contribution is -2.31. The van der Waals surface area contributed by atoms with Gasteiger partial charge in [0.15, 0.2) is 9.84 Å². The van der Waals surface area contributed by atoms with Crippen LogP contribution in [-0.4, -0.2) is 33.7 Å². The maximum atomic E-state index is 12.0. The first-order chi connectivity index (χ1) is 9.36. The molecule has 20 heavy (non-hydrogen) atoms. The van der Waals surface area contributed by atoms with E-state index >= 15 is 0 Å². The third-order valence-corrected chi connectivity index (χ3v) is 4.93. The Morgan fingerprint density at radius 2 is 1.90 bits per heavy atom. The van der Waals surface area contributed by atoms with Crippen LogP contribution in [0, 0.1) is 5.41 Å². The van der Waals surface area contributed by atoms with Crippen LogP contribution in [-0.2, 0) is 9.84 Å². The van der Waals surface area contributed by atoms with Crippen LogP contribution in [0.15, 0.2) is 29.2 Å². The molecule has 1 aliphatic rings. The number of benzene rings is 1. The van der Waals surface area contributed by atoms with Crippen LogP contribution in [0.25, 0.3) is 0 Å². The summed E-state index contributed by atoms with van der Waals surface area (Å²) in [6.45, 7) is 1.27. The fraction of sp³-hybridized carbons (Fsp3) is 0.500. The van der Waals surface area contributed by atoms with Crippen LogP contribution in [0.5, 0.6) is 0 Å². The molecule has 1 aromatic carbocycles. The molecule has 1 amide bonds. The summed E-state index contributed by atoms with van der Waals surface area (Å²) >= 11 is 0. The Kier molecular flexibility index (Phi) is 4.15. The minimum atomic E-state index is -3.22. The fourth-order valence-corrected chi connectivity index (χ4v) is 2.85. The van der Waals surface area contributed by atoms with Crippen molar-refractivity contribution in [1.29, 1.82) is 0 Å². The van der Waals surface area contributed by atoms with Gasteiger partial charge in [-0.2, -0.15) is 0 Å². The number of rotatable bonds is 6. The zero-order chi connectivity index (χ0) is 14.8. The van der Waals surface area contributed by atoms with Gasteiger partial charge in [-0.25, -0.2) is 8.42 Å².